The molecular weight excluding hydrogens is 156 g/mol. The number of ether oxygens (including phenoxy) is 2. The topological polar surface area (TPSA) is 38.7 Å². The van der Waals surface area contributed by atoms with E-state index in [1.54, 1.807) is 0 Å². The first kappa shape index (κ1) is 11.4. The first-order valence-electron chi connectivity index (χ1n) is 4.10. The molecule has 1 N–H and O–H groups in total. The molecule has 0 heterocycles. The zero-order chi connectivity index (χ0) is 9.40. The van der Waals surface area contributed by atoms with Crippen LogP contribution in [0.3, 0.4) is 0 Å². The van der Waals surface area contributed by atoms with Crippen LogP contribution in [-0.4, -0.2) is 30.7 Å². The molecule has 0 aliphatic heterocycles. The van der Waals surface area contributed by atoms with Crippen molar-refractivity contribution in [3.8, 4) is 12.3 Å². The van der Waals surface area contributed by atoms with Crippen molar-refractivity contribution in [2.75, 3.05) is 13.2 Å². The molecule has 0 saturated heterocycles. The monoisotopic (exact) mass is 172 g/mol. The van der Waals surface area contributed by atoms with Crippen LogP contribution in [0, 0.1) is 12.3 Å². The van der Waals surface area contributed by atoms with Crippen molar-refractivity contribution >= 4 is 0 Å². The summed E-state index contributed by atoms with van der Waals surface area (Å²) in [7, 11) is 0. The Balaban J connectivity index is 3.82. The van der Waals surface area contributed by atoms with Gasteiger partial charge in [0.2, 0.25) is 0 Å². The lowest BCUT2D eigenvalue weighted by atomic mass is 10.2. The van der Waals surface area contributed by atoms with Gasteiger partial charge in [0.25, 0.3) is 0 Å². The third kappa shape index (κ3) is 4.35. The van der Waals surface area contributed by atoms with E-state index in [-0.39, 0.29) is 6.42 Å². The van der Waals surface area contributed by atoms with Crippen LogP contribution in [0.1, 0.15) is 20.3 Å². The second kappa shape index (κ2) is 7.11. The van der Waals surface area contributed by atoms with E-state index >= 15 is 0 Å². The molecule has 0 saturated carbocycles. The summed E-state index contributed by atoms with van der Waals surface area (Å²) in [4.78, 5) is 0. The SMILES string of the molecule is C#CCC(O)C(OCC)OCC. The van der Waals surface area contributed by atoms with E-state index in [9.17, 15) is 5.11 Å². The van der Waals surface area contributed by atoms with Gasteiger partial charge in [0, 0.05) is 19.6 Å². The second-order valence-electron chi connectivity index (χ2n) is 2.25. The highest BCUT2D eigenvalue weighted by Gasteiger charge is 2.17. The lowest BCUT2D eigenvalue weighted by Crippen LogP contribution is -2.31. The Morgan fingerprint density at radius 2 is 1.83 bits per heavy atom. The molecule has 0 aliphatic rings. The average Bonchev–Trinajstić information content (AvgIpc) is 2.04. The molecule has 0 aromatic rings. The third-order valence-electron chi connectivity index (χ3n) is 1.30. The largest absolute Gasteiger partial charge is 0.387 e. The Morgan fingerprint density at radius 3 is 2.17 bits per heavy atom. The van der Waals surface area contributed by atoms with Crippen molar-refractivity contribution in [3.63, 3.8) is 0 Å². The third-order valence-corrected chi connectivity index (χ3v) is 1.30. The normalized spacial score (nSPS) is 12.9. The first-order valence-corrected chi connectivity index (χ1v) is 4.10. The van der Waals surface area contributed by atoms with E-state index in [2.05, 4.69) is 5.92 Å². The van der Waals surface area contributed by atoms with Gasteiger partial charge in [0.05, 0.1) is 0 Å². The summed E-state index contributed by atoms with van der Waals surface area (Å²) in [5.41, 5.74) is 0. The molecular formula is C9H16O3. The van der Waals surface area contributed by atoms with Crippen LogP contribution < -0.4 is 0 Å². The number of rotatable bonds is 6. The van der Waals surface area contributed by atoms with Crippen LogP contribution in [-0.2, 0) is 9.47 Å². The molecule has 1 atom stereocenters. The zero-order valence-electron chi connectivity index (χ0n) is 7.62. The average molecular weight is 172 g/mol. The molecule has 0 aromatic carbocycles. The summed E-state index contributed by atoms with van der Waals surface area (Å²) >= 11 is 0. The van der Waals surface area contributed by atoms with Gasteiger partial charge in [-0.1, -0.05) is 0 Å². The second-order valence-corrected chi connectivity index (χ2v) is 2.25. The van der Waals surface area contributed by atoms with Gasteiger partial charge in [-0.3, -0.25) is 0 Å². The van der Waals surface area contributed by atoms with Gasteiger partial charge in [-0.25, -0.2) is 0 Å². The Morgan fingerprint density at radius 1 is 1.33 bits per heavy atom. The quantitative estimate of drug-likeness (QED) is 0.475. The van der Waals surface area contributed by atoms with E-state index < -0.39 is 12.4 Å². The molecule has 0 aliphatic carbocycles. The Kier molecular flexibility index (Phi) is 6.78. The number of hydrogen-bond acceptors (Lipinski definition) is 3. The van der Waals surface area contributed by atoms with Crippen LogP contribution in [0.25, 0.3) is 0 Å². The molecule has 1 unspecified atom stereocenters. The number of aliphatic hydroxyl groups is 1. The minimum absolute atomic E-state index is 0.255. The first-order chi connectivity index (χ1) is 5.76. The van der Waals surface area contributed by atoms with E-state index in [1.807, 2.05) is 13.8 Å². The molecule has 3 nitrogen and oxygen atoms in total. The highest BCUT2D eigenvalue weighted by molar-refractivity contribution is 4.87. The van der Waals surface area contributed by atoms with Gasteiger partial charge >= 0.3 is 0 Å². The van der Waals surface area contributed by atoms with Crippen LogP contribution >= 0.6 is 0 Å². The Labute approximate surface area is 73.7 Å². The van der Waals surface area contributed by atoms with Crippen molar-refractivity contribution in [1.29, 1.82) is 0 Å². The van der Waals surface area contributed by atoms with Crippen LogP contribution in [0.15, 0.2) is 0 Å². The Hall–Kier alpha value is -0.560. The highest BCUT2D eigenvalue weighted by atomic mass is 16.7. The van der Waals surface area contributed by atoms with Crippen molar-refractivity contribution in [2.24, 2.45) is 0 Å². The van der Waals surface area contributed by atoms with E-state index in [4.69, 9.17) is 15.9 Å². The van der Waals surface area contributed by atoms with Crippen molar-refractivity contribution in [1.82, 2.24) is 0 Å². The molecule has 70 valence electrons. The lowest BCUT2D eigenvalue weighted by Gasteiger charge is -2.20. The standard InChI is InChI=1S/C9H16O3/c1-4-7-8(10)9(11-5-2)12-6-3/h1,8-10H,5-7H2,2-3H3. The molecule has 0 amide bonds. The van der Waals surface area contributed by atoms with Gasteiger partial charge < -0.3 is 14.6 Å². The summed E-state index contributed by atoms with van der Waals surface area (Å²) in [6.07, 6.45) is 3.98. The summed E-state index contributed by atoms with van der Waals surface area (Å²) in [5, 5.41) is 9.38. The molecule has 0 spiro atoms. The van der Waals surface area contributed by atoms with Crippen LogP contribution in [0.5, 0.6) is 0 Å². The number of hydrogen-bond donors (Lipinski definition) is 1. The van der Waals surface area contributed by atoms with Gasteiger partial charge in [0.15, 0.2) is 6.29 Å². The van der Waals surface area contributed by atoms with Gasteiger partial charge in [-0.15, -0.1) is 12.3 Å². The minimum atomic E-state index is -0.727. The van der Waals surface area contributed by atoms with E-state index in [1.165, 1.54) is 0 Å². The molecule has 0 radical (unpaired) electrons. The van der Waals surface area contributed by atoms with Crippen molar-refractivity contribution in [3.05, 3.63) is 0 Å². The zero-order valence-corrected chi connectivity index (χ0v) is 7.62. The fraction of sp³-hybridized carbons (Fsp3) is 0.778. The predicted octanol–water partition coefficient (Wildman–Crippen LogP) is 0.770. The molecule has 0 bridgehead atoms. The maximum Gasteiger partial charge on any atom is 0.184 e. The maximum absolute atomic E-state index is 9.38. The van der Waals surface area contributed by atoms with Crippen LogP contribution in [0.2, 0.25) is 0 Å². The molecule has 0 fully saturated rings. The summed E-state index contributed by atoms with van der Waals surface area (Å²) in [5.74, 6) is 2.35. The number of aliphatic hydroxyl groups excluding tert-OH is 1. The molecule has 12 heavy (non-hydrogen) atoms. The smallest absolute Gasteiger partial charge is 0.184 e. The molecule has 3 heteroatoms. The minimum Gasteiger partial charge on any atom is -0.387 e. The summed E-state index contributed by atoms with van der Waals surface area (Å²) in [6.45, 7) is 4.70. The summed E-state index contributed by atoms with van der Waals surface area (Å²) in [6, 6.07) is 0. The molecule has 0 aromatic heterocycles. The van der Waals surface area contributed by atoms with Gasteiger partial charge in [0.1, 0.15) is 6.10 Å². The van der Waals surface area contributed by atoms with Crippen LogP contribution in [0.4, 0.5) is 0 Å². The number of terminal acetylenes is 1. The summed E-state index contributed by atoms with van der Waals surface area (Å²) < 4.78 is 10.3. The predicted molar refractivity (Wildman–Crippen MR) is 46.5 cm³/mol. The maximum atomic E-state index is 9.38. The lowest BCUT2D eigenvalue weighted by molar-refractivity contribution is -0.187. The van der Waals surface area contributed by atoms with E-state index in [0.29, 0.717) is 13.2 Å². The van der Waals surface area contributed by atoms with E-state index in [0.717, 1.165) is 0 Å². The Bertz CT molecular complexity index is 133. The highest BCUT2D eigenvalue weighted by Crippen LogP contribution is 2.04. The molecule has 0 rings (SSSR count). The van der Waals surface area contributed by atoms with Crippen molar-refractivity contribution in [2.45, 2.75) is 32.7 Å². The fourth-order valence-electron chi connectivity index (χ4n) is 0.816. The van der Waals surface area contributed by atoms with Gasteiger partial charge in [-0.05, 0) is 13.8 Å². The van der Waals surface area contributed by atoms with Crippen molar-refractivity contribution < 1.29 is 14.6 Å². The van der Waals surface area contributed by atoms with Gasteiger partial charge in [-0.2, -0.15) is 0 Å². The fourth-order valence-corrected chi connectivity index (χ4v) is 0.816.